The number of benzene rings is 2. The molecule has 3 atom stereocenters. The van der Waals surface area contributed by atoms with Gasteiger partial charge in [-0.2, -0.15) is 0 Å². The fraction of sp³-hybridized carbons (Fsp3) is 0.227. The Kier molecular flexibility index (Phi) is 4.05. The molecule has 0 spiro atoms. The number of halogens is 1. The summed E-state index contributed by atoms with van der Waals surface area (Å²) in [7, 11) is 0. The first-order valence-corrected chi connectivity index (χ1v) is 9.74. The maximum atomic E-state index is 13.3. The quantitative estimate of drug-likeness (QED) is 0.502. The second-order valence-electron chi connectivity index (χ2n) is 7.26. The van der Waals surface area contributed by atoms with Crippen molar-refractivity contribution in [1.29, 1.82) is 0 Å². The first kappa shape index (κ1) is 17.2. The number of carbonyl (C=O) groups is 2. The number of hydrogen-bond acceptors (Lipinski definition) is 3. The van der Waals surface area contributed by atoms with Gasteiger partial charge in [0.15, 0.2) is 0 Å². The maximum absolute atomic E-state index is 13.3. The monoisotopic (exact) mass is 391 g/mol. The Labute approximate surface area is 167 Å². The van der Waals surface area contributed by atoms with Crippen molar-refractivity contribution in [2.75, 3.05) is 4.90 Å². The van der Waals surface area contributed by atoms with Crippen LogP contribution in [0.3, 0.4) is 0 Å². The van der Waals surface area contributed by atoms with Crippen molar-refractivity contribution in [3.63, 3.8) is 0 Å². The summed E-state index contributed by atoms with van der Waals surface area (Å²) in [4.78, 5) is 32.3. The molecule has 3 aromatic rings. The Balaban J connectivity index is 1.58. The lowest BCUT2D eigenvalue weighted by molar-refractivity contribution is -0.122. The van der Waals surface area contributed by atoms with E-state index < -0.39 is 11.8 Å². The van der Waals surface area contributed by atoms with Gasteiger partial charge in [0.2, 0.25) is 11.8 Å². The van der Waals surface area contributed by atoms with Gasteiger partial charge in [-0.25, -0.2) is 9.88 Å². The van der Waals surface area contributed by atoms with Crippen molar-refractivity contribution >= 4 is 29.1 Å². The van der Waals surface area contributed by atoms with E-state index in [1.165, 1.54) is 4.90 Å². The number of alkyl halides is 1. The number of aromatic nitrogens is 2. The summed E-state index contributed by atoms with van der Waals surface area (Å²) in [5.74, 6) is -1.36. The van der Waals surface area contributed by atoms with Crippen molar-refractivity contribution < 1.29 is 9.59 Å². The van der Waals surface area contributed by atoms with Gasteiger partial charge in [-0.1, -0.05) is 48.5 Å². The molecule has 0 bridgehead atoms. The normalized spacial score (nSPS) is 23.6. The van der Waals surface area contributed by atoms with Crippen LogP contribution in [0, 0.1) is 5.92 Å². The second-order valence-corrected chi connectivity index (χ2v) is 7.79. The van der Waals surface area contributed by atoms with Crippen LogP contribution >= 0.6 is 11.6 Å². The topological polar surface area (TPSA) is 55.2 Å². The molecule has 1 aromatic heterocycles. The molecular weight excluding hydrogens is 374 g/mol. The fourth-order valence-corrected chi connectivity index (χ4v) is 4.69. The van der Waals surface area contributed by atoms with Crippen LogP contribution in [0.4, 0.5) is 5.69 Å². The zero-order valence-electron chi connectivity index (χ0n) is 15.0. The lowest BCUT2D eigenvalue weighted by Crippen LogP contribution is -2.30. The van der Waals surface area contributed by atoms with E-state index in [9.17, 15) is 9.59 Å². The highest BCUT2D eigenvalue weighted by Gasteiger charge is 2.54. The van der Waals surface area contributed by atoms with E-state index in [2.05, 4.69) is 4.98 Å². The Morgan fingerprint density at radius 3 is 2.36 bits per heavy atom. The van der Waals surface area contributed by atoms with E-state index >= 15 is 0 Å². The number of nitrogens with zero attached hydrogens (tertiary/aromatic N) is 3. The number of amides is 2. The third kappa shape index (κ3) is 2.58. The molecule has 0 saturated carbocycles. The van der Waals surface area contributed by atoms with Crippen molar-refractivity contribution in [1.82, 2.24) is 9.55 Å². The summed E-state index contributed by atoms with van der Waals surface area (Å²) in [5.41, 5.74) is 3.20. The largest absolute Gasteiger partial charge is 0.329 e. The zero-order chi connectivity index (χ0) is 19.3. The number of anilines is 1. The van der Waals surface area contributed by atoms with Gasteiger partial charge in [0, 0.05) is 6.54 Å². The molecule has 2 aliphatic rings. The van der Waals surface area contributed by atoms with Crippen LogP contribution in [0.15, 0.2) is 67.0 Å². The summed E-state index contributed by atoms with van der Waals surface area (Å²) in [6.07, 6.45) is 2.16. The fourth-order valence-electron chi connectivity index (χ4n) is 4.33. The molecule has 2 aromatic carbocycles. The van der Waals surface area contributed by atoms with Gasteiger partial charge in [0.25, 0.3) is 0 Å². The van der Waals surface area contributed by atoms with E-state index in [-0.39, 0.29) is 17.2 Å². The minimum atomic E-state index is -0.538. The SMILES string of the molecule is O=C1C2C[C@H](Cl)c3ncn(Cc4ccccc4)c3C2C(=O)N1c1ccccc1. The number of imide groups is 1. The maximum Gasteiger partial charge on any atom is 0.243 e. The molecule has 1 saturated heterocycles. The molecule has 1 fully saturated rings. The van der Waals surface area contributed by atoms with Gasteiger partial charge < -0.3 is 4.57 Å². The average Bonchev–Trinajstić information content (AvgIpc) is 3.23. The second kappa shape index (κ2) is 6.60. The number of hydrogen-bond donors (Lipinski definition) is 0. The van der Waals surface area contributed by atoms with E-state index in [1.54, 1.807) is 18.5 Å². The molecule has 5 rings (SSSR count). The summed E-state index contributed by atoms with van der Waals surface area (Å²) < 4.78 is 1.97. The van der Waals surface area contributed by atoms with Crippen LogP contribution in [0.1, 0.15) is 34.7 Å². The van der Waals surface area contributed by atoms with Crippen molar-refractivity contribution in [3.05, 3.63) is 83.9 Å². The molecule has 0 radical (unpaired) electrons. The minimum absolute atomic E-state index is 0.176. The lowest BCUT2D eigenvalue weighted by atomic mass is 9.81. The van der Waals surface area contributed by atoms with Gasteiger partial charge in [-0.15, -0.1) is 11.6 Å². The third-order valence-corrected chi connectivity index (χ3v) is 5.98. The molecule has 2 amide bonds. The summed E-state index contributed by atoms with van der Waals surface area (Å²) in [5, 5.41) is -0.374. The number of para-hydroxylation sites is 1. The highest BCUT2D eigenvalue weighted by molar-refractivity contribution is 6.26. The summed E-state index contributed by atoms with van der Waals surface area (Å²) in [6, 6.07) is 19.1. The highest BCUT2D eigenvalue weighted by atomic mass is 35.5. The van der Waals surface area contributed by atoms with Crippen molar-refractivity contribution in [2.45, 2.75) is 24.3 Å². The van der Waals surface area contributed by atoms with Crippen LogP contribution < -0.4 is 4.90 Å². The van der Waals surface area contributed by atoms with Crippen LogP contribution in [-0.2, 0) is 16.1 Å². The molecular formula is C22H18ClN3O2. The standard InChI is InChI=1S/C22H18ClN3O2/c23-17-11-16-18(22(28)26(21(16)27)15-9-5-2-6-10-15)20-19(17)24-13-25(20)12-14-7-3-1-4-8-14/h1-10,13,16-18H,11-12H2/t16?,17-,18?/m0/s1. The van der Waals surface area contributed by atoms with Crippen LogP contribution in [0.2, 0.25) is 0 Å². The Bertz CT molecular complexity index is 1050. The third-order valence-electron chi connectivity index (χ3n) is 5.60. The molecule has 5 nitrogen and oxygen atoms in total. The highest BCUT2D eigenvalue weighted by Crippen LogP contribution is 2.49. The Hall–Kier alpha value is -2.92. The number of rotatable bonds is 3. The summed E-state index contributed by atoms with van der Waals surface area (Å²) >= 11 is 6.58. The first-order valence-electron chi connectivity index (χ1n) is 9.31. The number of fused-ring (bicyclic) bond motifs is 3. The molecule has 2 heterocycles. The van der Waals surface area contributed by atoms with Gasteiger partial charge >= 0.3 is 0 Å². The first-order chi connectivity index (χ1) is 13.6. The molecule has 2 unspecified atom stereocenters. The van der Waals surface area contributed by atoms with Crippen LogP contribution in [0.5, 0.6) is 0 Å². The van der Waals surface area contributed by atoms with Crippen LogP contribution in [0.25, 0.3) is 0 Å². The predicted octanol–water partition coefficient (Wildman–Crippen LogP) is 3.89. The molecule has 140 valence electrons. The zero-order valence-corrected chi connectivity index (χ0v) is 15.8. The van der Waals surface area contributed by atoms with Gasteiger partial charge in [-0.05, 0) is 24.1 Å². The summed E-state index contributed by atoms with van der Waals surface area (Å²) in [6.45, 7) is 0.586. The van der Waals surface area contributed by atoms with E-state index in [4.69, 9.17) is 11.6 Å². The van der Waals surface area contributed by atoms with Gasteiger partial charge in [0.1, 0.15) is 0 Å². The molecule has 0 N–H and O–H groups in total. The van der Waals surface area contributed by atoms with E-state index in [1.807, 2.05) is 53.1 Å². The minimum Gasteiger partial charge on any atom is -0.329 e. The Morgan fingerprint density at radius 1 is 0.964 bits per heavy atom. The van der Waals surface area contributed by atoms with E-state index in [0.29, 0.717) is 18.7 Å². The van der Waals surface area contributed by atoms with Gasteiger partial charge in [0.05, 0.1) is 40.6 Å². The molecule has 6 heteroatoms. The smallest absolute Gasteiger partial charge is 0.243 e. The number of carbonyl (C=O) groups excluding carboxylic acids is 2. The molecule has 1 aliphatic carbocycles. The predicted molar refractivity (Wildman–Crippen MR) is 106 cm³/mol. The van der Waals surface area contributed by atoms with Crippen LogP contribution in [-0.4, -0.2) is 21.4 Å². The molecule has 1 aliphatic heterocycles. The van der Waals surface area contributed by atoms with E-state index in [0.717, 1.165) is 17.0 Å². The number of imidazole rings is 1. The van der Waals surface area contributed by atoms with Gasteiger partial charge in [-0.3, -0.25) is 9.59 Å². The lowest BCUT2D eigenvalue weighted by Gasteiger charge is -2.26. The average molecular weight is 392 g/mol. The molecule has 28 heavy (non-hydrogen) atoms. The Morgan fingerprint density at radius 2 is 1.64 bits per heavy atom. The van der Waals surface area contributed by atoms with Crippen molar-refractivity contribution in [3.8, 4) is 0 Å². The van der Waals surface area contributed by atoms with Crippen molar-refractivity contribution in [2.24, 2.45) is 5.92 Å².